The van der Waals surface area contributed by atoms with Gasteiger partial charge < -0.3 is 10.1 Å². The third-order valence-electron chi connectivity index (χ3n) is 4.65. The Morgan fingerprint density at radius 1 is 0.967 bits per heavy atom. The van der Waals surface area contributed by atoms with Gasteiger partial charge in [0.05, 0.1) is 6.54 Å². The molecule has 3 aromatic rings. The number of ether oxygens (including phenoxy) is 1. The second-order valence-electron chi connectivity index (χ2n) is 6.94. The molecule has 0 fully saturated rings. The molecule has 154 valence electrons. The highest BCUT2D eigenvalue weighted by atomic mass is 35.5. The zero-order chi connectivity index (χ0) is 21.2. The standard InChI is InChI=1S/C26H26ClNO2/c1-2-8-20-13-15-23(16-14-20)30-18-17-28-26(29)24(21-9-4-3-5-10-21)19-22-11-6-7-12-25(22)27/h3-7,9-16,19H,2,8,17-18H2,1H3,(H,28,29)/b24-19+. The van der Waals surface area contributed by atoms with Crippen LogP contribution in [0.2, 0.25) is 5.02 Å². The minimum atomic E-state index is -0.164. The first kappa shape index (κ1) is 21.7. The van der Waals surface area contributed by atoms with E-state index in [2.05, 4.69) is 24.4 Å². The maximum absolute atomic E-state index is 12.9. The molecular weight excluding hydrogens is 394 g/mol. The molecule has 3 aromatic carbocycles. The topological polar surface area (TPSA) is 38.3 Å². The molecule has 0 aliphatic carbocycles. The summed E-state index contributed by atoms with van der Waals surface area (Å²) < 4.78 is 5.76. The molecule has 1 N–H and O–H groups in total. The van der Waals surface area contributed by atoms with Gasteiger partial charge in [0.25, 0.3) is 5.91 Å². The average Bonchev–Trinajstić information content (AvgIpc) is 2.78. The molecule has 0 aromatic heterocycles. The Kier molecular flexibility index (Phi) is 8.10. The lowest BCUT2D eigenvalue weighted by Gasteiger charge is -2.11. The molecule has 3 rings (SSSR count). The molecule has 0 radical (unpaired) electrons. The van der Waals surface area contributed by atoms with Gasteiger partial charge in [-0.1, -0.05) is 85.6 Å². The lowest BCUT2D eigenvalue weighted by atomic mass is 10.0. The largest absolute Gasteiger partial charge is 0.492 e. The van der Waals surface area contributed by atoms with Crippen LogP contribution in [0.25, 0.3) is 11.6 Å². The highest BCUT2D eigenvalue weighted by Gasteiger charge is 2.12. The fraction of sp³-hybridized carbons (Fsp3) is 0.192. The second kappa shape index (κ2) is 11.2. The summed E-state index contributed by atoms with van der Waals surface area (Å²) in [6.07, 6.45) is 4.01. The highest BCUT2D eigenvalue weighted by molar-refractivity contribution is 6.33. The number of hydrogen-bond acceptors (Lipinski definition) is 2. The van der Waals surface area contributed by atoms with E-state index in [0.29, 0.717) is 23.7 Å². The smallest absolute Gasteiger partial charge is 0.252 e. The van der Waals surface area contributed by atoms with E-state index in [4.69, 9.17) is 16.3 Å². The van der Waals surface area contributed by atoms with E-state index in [1.807, 2.05) is 72.8 Å². The molecular formula is C26H26ClNO2. The van der Waals surface area contributed by atoms with Crippen molar-refractivity contribution in [2.45, 2.75) is 19.8 Å². The van der Waals surface area contributed by atoms with Crippen molar-refractivity contribution in [1.29, 1.82) is 0 Å². The van der Waals surface area contributed by atoms with E-state index < -0.39 is 0 Å². The van der Waals surface area contributed by atoms with E-state index in [-0.39, 0.29) is 5.91 Å². The number of carbonyl (C=O) groups is 1. The summed E-state index contributed by atoms with van der Waals surface area (Å²) in [7, 11) is 0. The van der Waals surface area contributed by atoms with Crippen LogP contribution in [0, 0.1) is 0 Å². The van der Waals surface area contributed by atoms with Crippen LogP contribution < -0.4 is 10.1 Å². The Hall–Kier alpha value is -3.04. The maximum Gasteiger partial charge on any atom is 0.252 e. The first-order valence-electron chi connectivity index (χ1n) is 10.2. The van der Waals surface area contributed by atoms with Gasteiger partial charge in [-0.2, -0.15) is 0 Å². The predicted octanol–water partition coefficient (Wildman–Crippen LogP) is 6.03. The Morgan fingerprint density at radius 2 is 1.67 bits per heavy atom. The highest BCUT2D eigenvalue weighted by Crippen LogP contribution is 2.23. The monoisotopic (exact) mass is 419 g/mol. The third kappa shape index (κ3) is 6.23. The predicted molar refractivity (Wildman–Crippen MR) is 125 cm³/mol. The summed E-state index contributed by atoms with van der Waals surface area (Å²) in [5.74, 6) is 0.641. The molecule has 0 aliphatic heterocycles. The number of nitrogens with one attached hydrogen (secondary N) is 1. The third-order valence-corrected chi connectivity index (χ3v) is 5.00. The Balaban J connectivity index is 1.63. The summed E-state index contributed by atoms with van der Waals surface area (Å²) in [6.45, 7) is 2.96. The van der Waals surface area contributed by atoms with Gasteiger partial charge in [0, 0.05) is 10.6 Å². The number of carbonyl (C=O) groups excluding carboxylic acids is 1. The van der Waals surface area contributed by atoms with Gasteiger partial charge in [0.1, 0.15) is 12.4 Å². The van der Waals surface area contributed by atoms with E-state index in [9.17, 15) is 4.79 Å². The normalized spacial score (nSPS) is 11.2. The molecule has 0 heterocycles. The number of amides is 1. The van der Waals surface area contributed by atoms with E-state index in [1.54, 1.807) is 0 Å². The van der Waals surface area contributed by atoms with Crippen molar-refractivity contribution < 1.29 is 9.53 Å². The number of halogens is 1. The summed E-state index contributed by atoms with van der Waals surface area (Å²) in [4.78, 5) is 12.9. The van der Waals surface area contributed by atoms with Crippen molar-refractivity contribution in [3.63, 3.8) is 0 Å². The first-order chi connectivity index (χ1) is 14.7. The minimum Gasteiger partial charge on any atom is -0.492 e. The van der Waals surface area contributed by atoms with Gasteiger partial charge in [-0.3, -0.25) is 4.79 Å². The molecule has 0 atom stereocenters. The molecule has 0 bridgehead atoms. The number of benzene rings is 3. The van der Waals surface area contributed by atoms with E-state index in [1.165, 1.54) is 5.56 Å². The Labute approximate surface area is 183 Å². The Bertz CT molecular complexity index is 981. The zero-order valence-corrected chi connectivity index (χ0v) is 17.9. The van der Waals surface area contributed by atoms with Crippen LogP contribution in [0.5, 0.6) is 5.75 Å². The van der Waals surface area contributed by atoms with Gasteiger partial charge in [0.15, 0.2) is 0 Å². The van der Waals surface area contributed by atoms with Gasteiger partial charge in [-0.15, -0.1) is 0 Å². The van der Waals surface area contributed by atoms with E-state index in [0.717, 1.165) is 29.7 Å². The molecule has 1 amide bonds. The summed E-state index contributed by atoms with van der Waals surface area (Å²) in [6, 6.07) is 25.2. The number of aryl methyl sites for hydroxylation is 1. The van der Waals surface area contributed by atoms with Crippen LogP contribution in [0.3, 0.4) is 0 Å². The van der Waals surface area contributed by atoms with Gasteiger partial charge in [0.2, 0.25) is 0 Å². The van der Waals surface area contributed by atoms with Crippen LogP contribution in [-0.4, -0.2) is 19.1 Å². The fourth-order valence-corrected chi connectivity index (χ4v) is 3.31. The van der Waals surface area contributed by atoms with Crippen LogP contribution in [0.1, 0.15) is 30.0 Å². The molecule has 30 heavy (non-hydrogen) atoms. The van der Waals surface area contributed by atoms with Gasteiger partial charge in [-0.25, -0.2) is 0 Å². The summed E-state index contributed by atoms with van der Waals surface area (Å²) in [5, 5.41) is 3.55. The van der Waals surface area contributed by atoms with Crippen molar-refractivity contribution in [2.75, 3.05) is 13.2 Å². The van der Waals surface area contributed by atoms with E-state index >= 15 is 0 Å². The maximum atomic E-state index is 12.9. The van der Waals surface area contributed by atoms with Crippen LogP contribution >= 0.6 is 11.6 Å². The van der Waals surface area contributed by atoms with Crippen molar-refractivity contribution in [3.8, 4) is 5.75 Å². The molecule has 0 unspecified atom stereocenters. The van der Waals surface area contributed by atoms with Gasteiger partial charge in [-0.05, 0) is 47.4 Å². The molecule has 3 nitrogen and oxygen atoms in total. The average molecular weight is 420 g/mol. The lowest BCUT2D eigenvalue weighted by Crippen LogP contribution is -2.28. The fourth-order valence-electron chi connectivity index (χ4n) is 3.12. The molecule has 0 spiro atoms. The van der Waals surface area contributed by atoms with Crippen molar-refractivity contribution in [2.24, 2.45) is 0 Å². The molecule has 0 saturated carbocycles. The number of rotatable bonds is 9. The molecule has 4 heteroatoms. The summed E-state index contributed by atoms with van der Waals surface area (Å²) >= 11 is 6.29. The summed E-state index contributed by atoms with van der Waals surface area (Å²) in [5.41, 5.74) is 3.50. The van der Waals surface area contributed by atoms with Crippen LogP contribution in [0.15, 0.2) is 78.9 Å². The van der Waals surface area contributed by atoms with Crippen molar-refractivity contribution >= 4 is 29.2 Å². The number of hydrogen-bond donors (Lipinski definition) is 1. The van der Waals surface area contributed by atoms with Crippen molar-refractivity contribution in [3.05, 3.63) is 101 Å². The lowest BCUT2D eigenvalue weighted by molar-refractivity contribution is -0.115. The van der Waals surface area contributed by atoms with Crippen LogP contribution in [-0.2, 0) is 11.2 Å². The van der Waals surface area contributed by atoms with Crippen molar-refractivity contribution in [1.82, 2.24) is 5.32 Å². The minimum absolute atomic E-state index is 0.164. The van der Waals surface area contributed by atoms with Gasteiger partial charge >= 0.3 is 0 Å². The quantitative estimate of drug-likeness (QED) is 0.261. The first-order valence-corrected chi connectivity index (χ1v) is 10.6. The zero-order valence-electron chi connectivity index (χ0n) is 17.1. The molecule has 0 aliphatic rings. The van der Waals surface area contributed by atoms with Crippen LogP contribution in [0.4, 0.5) is 0 Å². The SMILES string of the molecule is CCCc1ccc(OCCNC(=O)/C(=C/c2ccccc2Cl)c2ccccc2)cc1. The Morgan fingerprint density at radius 3 is 2.37 bits per heavy atom. The molecule has 0 saturated heterocycles. The second-order valence-corrected chi connectivity index (χ2v) is 7.35.